The van der Waals surface area contributed by atoms with Crippen molar-refractivity contribution in [2.75, 3.05) is 0 Å². The molecule has 4 heteroatoms. The molecule has 0 aromatic heterocycles. The Morgan fingerprint density at radius 2 is 1.57 bits per heavy atom. The van der Waals surface area contributed by atoms with E-state index < -0.39 is 7.12 Å². The number of hydrogen-bond acceptors (Lipinski definition) is 3. The van der Waals surface area contributed by atoms with E-state index in [2.05, 4.69) is 6.07 Å². The maximum atomic E-state index is 12.1. The van der Waals surface area contributed by atoms with Crippen LogP contribution < -0.4 is 5.46 Å². The quantitative estimate of drug-likeness (QED) is 0.801. The Hall–Kier alpha value is -1.13. The maximum Gasteiger partial charge on any atom is 0.495 e. The first-order valence-electron chi connectivity index (χ1n) is 7.66. The normalized spacial score (nSPS) is 24.9. The third-order valence-corrected chi connectivity index (χ3v) is 5.41. The molecule has 3 rings (SSSR count). The fourth-order valence-corrected chi connectivity index (χ4v) is 3.04. The van der Waals surface area contributed by atoms with E-state index in [1.54, 1.807) is 6.92 Å². The van der Waals surface area contributed by atoms with Gasteiger partial charge < -0.3 is 9.31 Å². The van der Waals surface area contributed by atoms with E-state index >= 15 is 0 Å². The van der Waals surface area contributed by atoms with Crippen LogP contribution in [0, 0.1) is 0 Å². The highest BCUT2D eigenvalue weighted by Crippen LogP contribution is 2.49. The standard InChI is InChI=1S/C17H23BO3/c1-12(19)17(10-11-17)13-8-6-7-9-14(13)18-20-15(2,3)16(4,5)21-18/h6-9H,10-11H2,1-5H3. The molecule has 1 aromatic rings. The lowest BCUT2D eigenvalue weighted by molar-refractivity contribution is -0.119. The number of hydrogen-bond donors (Lipinski definition) is 0. The Labute approximate surface area is 127 Å². The highest BCUT2D eigenvalue weighted by molar-refractivity contribution is 6.62. The molecule has 0 N–H and O–H groups in total. The summed E-state index contributed by atoms with van der Waals surface area (Å²) in [6.45, 7) is 9.88. The molecule has 21 heavy (non-hydrogen) atoms. The van der Waals surface area contributed by atoms with Gasteiger partial charge in [0.1, 0.15) is 5.78 Å². The molecule has 1 heterocycles. The Morgan fingerprint density at radius 1 is 1.05 bits per heavy atom. The lowest BCUT2D eigenvalue weighted by Gasteiger charge is -2.32. The van der Waals surface area contributed by atoms with E-state index in [1.165, 1.54) is 0 Å². The van der Waals surface area contributed by atoms with Gasteiger partial charge in [0.25, 0.3) is 0 Å². The van der Waals surface area contributed by atoms with Crippen molar-refractivity contribution in [1.29, 1.82) is 0 Å². The summed E-state index contributed by atoms with van der Waals surface area (Å²) in [5.41, 5.74) is 1.05. The highest BCUT2D eigenvalue weighted by Gasteiger charge is 2.55. The van der Waals surface area contributed by atoms with Gasteiger partial charge in [-0.3, -0.25) is 4.79 Å². The molecular formula is C17H23BO3. The molecular weight excluding hydrogens is 263 g/mol. The van der Waals surface area contributed by atoms with Gasteiger partial charge in [0.2, 0.25) is 0 Å². The van der Waals surface area contributed by atoms with Crippen LogP contribution in [0.3, 0.4) is 0 Å². The van der Waals surface area contributed by atoms with Gasteiger partial charge in [-0.2, -0.15) is 0 Å². The summed E-state index contributed by atoms with van der Waals surface area (Å²) in [5, 5.41) is 0. The van der Waals surface area contributed by atoms with Crippen LogP contribution in [0.1, 0.15) is 53.0 Å². The van der Waals surface area contributed by atoms with Gasteiger partial charge in [-0.25, -0.2) is 0 Å². The summed E-state index contributed by atoms with van der Waals surface area (Å²) in [7, 11) is -0.400. The number of carbonyl (C=O) groups is 1. The maximum absolute atomic E-state index is 12.1. The van der Waals surface area contributed by atoms with E-state index in [4.69, 9.17) is 9.31 Å². The fourth-order valence-electron chi connectivity index (χ4n) is 3.04. The predicted molar refractivity (Wildman–Crippen MR) is 83.8 cm³/mol. The molecule has 0 atom stereocenters. The molecule has 0 amide bonds. The van der Waals surface area contributed by atoms with Gasteiger partial charge in [-0.1, -0.05) is 24.3 Å². The summed E-state index contributed by atoms with van der Waals surface area (Å²) >= 11 is 0. The molecule has 1 saturated heterocycles. The van der Waals surface area contributed by atoms with Crippen molar-refractivity contribution in [2.24, 2.45) is 0 Å². The number of carbonyl (C=O) groups excluding carboxylic acids is 1. The molecule has 1 aliphatic heterocycles. The zero-order chi connectivity index (χ0) is 15.5. The molecule has 0 radical (unpaired) electrons. The highest BCUT2D eigenvalue weighted by atomic mass is 16.7. The van der Waals surface area contributed by atoms with Crippen LogP contribution in [0.2, 0.25) is 0 Å². The summed E-state index contributed by atoms with van der Waals surface area (Å²) in [6.07, 6.45) is 1.86. The molecule has 1 aromatic carbocycles. The average Bonchev–Trinajstić information content (AvgIpc) is 3.14. The molecule has 112 valence electrons. The van der Waals surface area contributed by atoms with Crippen molar-refractivity contribution < 1.29 is 14.1 Å². The first-order valence-corrected chi connectivity index (χ1v) is 7.66. The average molecular weight is 286 g/mol. The number of ketones is 1. The van der Waals surface area contributed by atoms with E-state index in [9.17, 15) is 4.79 Å². The zero-order valence-electron chi connectivity index (χ0n) is 13.5. The second-order valence-corrected chi connectivity index (χ2v) is 7.31. The lowest BCUT2D eigenvalue weighted by atomic mass is 9.71. The van der Waals surface area contributed by atoms with Crippen molar-refractivity contribution in [3.05, 3.63) is 29.8 Å². The van der Waals surface area contributed by atoms with Gasteiger partial charge in [-0.05, 0) is 58.5 Å². The molecule has 2 fully saturated rings. The van der Waals surface area contributed by atoms with Crippen LogP contribution in [0.15, 0.2) is 24.3 Å². The Balaban J connectivity index is 2.01. The van der Waals surface area contributed by atoms with Crippen LogP contribution in [-0.2, 0) is 19.5 Å². The van der Waals surface area contributed by atoms with E-state index in [0.717, 1.165) is 23.9 Å². The molecule has 1 aliphatic carbocycles. The Bertz CT molecular complexity index is 571. The number of benzene rings is 1. The van der Waals surface area contributed by atoms with E-state index in [0.29, 0.717) is 0 Å². The lowest BCUT2D eigenvalue weighted by Crippen LogP contribution is -2.41. The molecule has 2 aliphatic rings. The van der Waals surface area contributed by atoms with Gasteiger partial charge in [-0.15, -0.1) is 0 Å². The predicted octanol–water partition coefficient (Wildman–Crippen LogP) is 2.61. The summed E-state index contributed by atoms with van der Waals surface area (Å²) in [5.74, 6) is 0.242. The minimum atomic E-state index is -0.400. The Morgan fingerprint density at radius 3 is 2.05 bits per heavy atom. The van der Waals surface area contributed by atoms with Crippen LogP contribution in [0.25, 0.3) is 0 Å². The fraction of sp³-hybridized carbons (Fsp3) is 0.588. The molecule has 0 unspecified atom stereocenters. The first kappa shape index (κ1) is 14.8. The molecule has 3 nitrogen and oxygen atoms in total. The minimum Gasteiger partial charge on any atom is -0.399 e. The smallest absolute Gasteiger partial charge is 0.399 e. The summed E-state index contributed by atoms with van der Waals surface area (Å²) < 4.78 is 12.3. The largest absolute Gasteiger partial charge is 0.495 e. The van der Waals surface area contributed by atoms with Gasteiger partial charge in [0.15, 0.2) is 0 Å². The van der Waals surface area contributed by atoms with Gasteiger partial charge in [0.05, 0.1) is 16.6 Å². The van der Waals surface area contributed by atoms with Crippen molar-refractivity contribution in [1.82, 2.24) is 0 Å². The summed E-state index contributed by atoms with van der Waals surface area (Å²) in [4.78, 5) is 12.1. The van der Waals surface area contributed by atoms with Crippen LogP contribution in [-0.4, -0.2) is 24.1 Å². The third kappa shape index (κ3) is 2.16. The molecule has 0 spiro atoms. The zero-order valence-corrected chi connectivity index (χ0v) is 13.5. The van der Waals surface area contributed by atoms with E-state index in [-0.39, 0.29) is 22.4 Å². The van der Waals surface area contributed by atoms with Crippen molar-refractivity contribution in [3.8, 4) is 0 Å². The Kier molecular flexibility index (Phi) is 3.13. The topological polar surface area (TPSA) is 35.5 Å². The third-order valence-electron chi connectivity index (χ3n) is 5.41. The van der Waals surface area contributed by atoms with Crippen molar-refractivity contribution in [2.45, 2.75) is 64.1 Å². The second-order valence-electron chi connectivity index (χ2n) is 7.31. The van der Waals surface area contributed by atoms with Gasteiger partial charge >= 0.3 is 7.12 Å². The van der Waals surface area contributed by atoms with Crippen LogP contribution in [0.4, 0.5) is 0 Å². The second kappa shape index (κ2) is 4.44. The van der Waals surface area contributed by atoms with Crippen LogP contribution >= 0.6 is 0 Å². The van der Waals surface area contributed by atoms with Crippen LogP contribution in [0.5, 0.6) is 0 Å². The molecule has 1 saturated carbocycles. The van der Waals surface area contributed by atoms with Crippen molar-refractivity contribution >= 4 is 18.4 Å². The first-order chi connectivity index (χ1) is 9.70. The molecule has 0 bridgehead atoms. The summed E-state index contributed by atoms with van der Waals surface area (Å²) in [6, 6.07) is 8.06. The minimum absolute atomic E-state index is 0.242. The number of rotatable bonds is 3. The number of Topliss-reactive ketones (excluding diaryl/α,β-unsaturated/α-hetero) is 1. The van der Waals surface area contributed by atoms with Gasteiger partial charge in [0, 0.05) is 0 Å². The SMILES string of the molecule is CC(=O)C1(c2ccccc2B2OC(C)(C)C(C)(C)O2)CC1. The van der Waals surface area contributed by atoms with Crippen molar-refractivity contribution in [3.63, 3.8) is 0 Å². The monoisotopic (exact) mass is 286 g/mol. The van der Waals surface area contributed by atoms with E-state index in [1.807, 2.05) is 45.9 Å².